The molecule has 0 radical (unpaired) electrons. The maximum atomic E-state index is 13.3. The molecule has 146 valence electrons. The van der Waals surface area contributed by atoms with Gasteiger partial charge in [0.1, 0.15) is 15.8 Å². The number of hydrogen-bond donors (Lipinski definition) is 0. The van der Waals surface area contributed by atoms with Crippen LogP contribution in [0.25, 0.3) is 11.7 Å². The van der Waals surface area contributed by atoms with Crippen molar-refractivity contribution in [2.24, 2.45) is 0 Å². The van der Waals surface area contributed by atoms with Gasteiger partial charge in [0.2, 0.25) is 0 Å². The summed E-state index contributed by atoms with van der Waals surface area (Å²) in [4.78, 5) is 34.4. The number of thioether (sulfide) groups is 1. The van der Waals surface area contributed by atoms with Gasteiger partial charge in [-0.25, -0.2) is 4.98 Å². The monoisotopic (exact) mass is 416 g/mol. The number of ether oxygens (including phenoxy) is 1. The number of thiocarbonyl (C=S) groups is 1. The Morgan fingerprint density at radius 2 is 1.96 bits per heavy atom. The summed E-state index contributed by atoms with van der Waals surface area (Å²) in [6.45, 7) is 5.24. The Morgan fingerprint density at radius 3 is 2.61 bits per heavy atom. The van der Waals surface area contributed by atoms with E-state index in [0.29, 0.717) is 39.3 Å². The number of likely N-dealkylation sites (N-methyl/N-ethyl adjacent to an activating group) is 1. The molecular formula is C19H20N4O3S2. The van der Waals surface area contributed by atoms with E-state index in [2.05, 4.69) is 4.90 Å². The number of rotatable bonds is 2. The molecule has 28 heavy (non-hydrogen) atoms. The van der Waals surface area contributed by atoms with Crippen molar-refractivity contribution < 1.29 is 9.53 Å². The lowest BCUT2D eigenvalue weighted by Crippen LogP contribution is -2.46. The first-order chi connectivity index (χ1) is 13.3. The van der Waals surface area contributed by atoms with E-state index in [1.54, 1.807) is 31.5 Å². The molecule has 4 heterocycles. The molecule has 7 nitrogen and oxygen atoms in total. The molecule has 0 aromatic carbocycles. The van der Waals surface area contributed by atoms with Gasteiger partial charge in [0.15, 0.2) is 0 Å². The van der Waals surface area contributed by atoms with Crippen molar-refractivity contribution in [3.63, 3.8) is 0 Å². The van der Waals surface area contributed by atoms with E-state index < -0.39 is 0 Å². The van der Waals surface area contributed by atoms with E-state index in [9.17, 15) is 9.59 Å². The van der Waals surface area contributed by atoms with Crippen LogP contribution in [0.15, 0.2) is 34.1 Å². The quantitative estimate of drug-likeness (QED) is 0.549. The van der Waals surface area contributed by atoms with E-state index >= 15 is 0 Å². The van der Waals surface area contributed by atoms with Crippen molar-refractivity contribution in [3.05, 3.63) is 45.2 Å². The van der Waals surface area contributed by atoms with E-state index in [4.69, 9.17) is 21.9 Å². The van der Waals surface area contributed by atoms with Gasteiger partial charge in [0.25, 0.3) is 11.5 Å². The third-order valence-corrected chi connectivity index (χ3v) is 6.21. The first-order valence-electron chi connectivity index (χ1n) is 8.98. The first kappa shape index (κ1) is 19.1. The second-order valence-corrected chi connectivity index (χ2v) is 8.66. The summed E-state index contributed by atoms with van der Waals surface area (Å²) in [5.41, 5.74) is 0.738. The van der Waals surface area contributed by atoms with Crippen LogP contribution >= 0.6 is 24.0 Å². The summed E-state index contributed by atoms with van der Waals surface area (Å²) >= 11 is 6.41. The van der Waals surface area contributed by atoms with Crippen LogP contribution in [0, 0.1) is 0 Å². The fourth-order valence-electron chi connectivity index (χ4n) is 3.49. The van der Waals surface area contributed by atoms with Crippen LogP contribution in [-0.4, -0.2) is 56.9 Å². The molecule has 2 fully saturated rings. The number of carbonyl (C=O) groups is 1. The van der Waals surface area contributed by atoms with Crippen LogP contribution in [0.3, 0.4) is 0 Å². The van der Waals surface area contributed by atoms with Crippen LogP contribution in [-0.2, 0) is 9.53 Å². The standard InChI is InChI=1S/C19H20N4O3S2/c1-11-9-22(10-12(2)26-11)16-13(8-14-18(25)21(3)19(27)28-14)17(24)23-7-5-4-6-15(23)20-16/h4-8,11-12H,9-10H2,1-3H3. The smallest absolute Gasteiger partial charge is 0.267 e. The molecule has 2 aliphatic rings. The molecule has 0 saturated carbocycles. The average molecular weight is 417 g/mol. The maximum absolute atomic E-state index is 13.3. The van der Waals surface area contributed by atoms with E-state index in [1.807, 2.05) is 19.9 Å². The minimum Gasteiger partial charge on any atom is -0.372 e. The molecule has 2 aromatic rings. The maximum Gasteiger partial charge on any atom is 0.267 e. The molecule has 0 spiro atoms. The normalized spacial score (nSPS) is 24.6. The minimum atomic E-state index is -0.214. The zero-order chi connectivity index (χ0) is 20.0. The molecule has 2 aromatic heterocycles. The lowest BCUT2D eigenvalue weighted by Gasteiger charge is -2.36. The van der Waals surface area contributed by atoms with Gasteiger partial charge in [-0.1, -0.05) is 30.0 Å². The summed E-state index contributed by atoms with van der Waals surface area (Å²) in [5.74, 6) is 0.363. The van der Waals surface area contributed by atoms with E-state index in [-0.39, 0.29) is 23.7 Å². The summed E-state index contributed by atoms with van der Waals surface area (Å²) in [5, 5.41) is 0. The SMILES string of the molecule is CC1CN(c2nc3ccccn3c(=O)c2C=C2SC(=S)N(C)C2=O)CC(C)O1. The molecule has 2 atom stereocenters. The van der Waals surface area contributed by atoms with Gasteiger partial charge in [0.05, 0.1) is 22.7 Å². The number of hydrogen-bond acceptors (Lipinski definition) is 7. The Kier molecular flexibility index (Phi) is 4.98. The van der Waals surface area contributed by atoms with Crippen molar-refractivity contribution >= 4 is 51.7 Å². The van der Waals surface area contributed by atoms with Crippen molar-refractivity contribution in [2.45, 2.75) is 26.1 Å². The Hall–Kier alpha value is -2.23. The fraction of sp³-hybridized carbons (Fsp3) is 0.368. The van der Waals surface area contributed by atoms with Gasteiger partial charge in [-0.2, -0.15) is 0 Å². The van der Waals surface area contributed by atoms with Crippen LogP contribution in [0.2, 0.25) is 0 Å². The summed E-state index contributed by atoms with van der Waals surface area (Å²) < 4.78 is 7.79. The van der Waals surface area contributed by atoms with Crippen molar-refractivity contribution in [1.82, 2.24) is 14.3 Å². The number of aromatic nitrogens is 2. The molecule has 2 unspecified atom stereocenters. The number of amides is 1. The van der Waals surface area contributed by atoms with Crippen LogP contribution in [0.5, 0.6) is 0 Å². The highest BCUT2D eigenvalue weighted by molar-refractivity contribution is 8.26. The highest BCUT2D eigenvalue weighted by Gasteiger charge is 2.31. The zero-order valence-corrected chi connectivity index (χ0v) is 17.4. The number of carbonyl (C=O) groups excluding carboxylic acids is 1. The third kappa shape index (κ3) is 3.34. The number of pyridine rings is 1. The summed E-state index contributed by atoms with van der Waals surface area (Å²) in [6.07, 6.45) is 3.34. The molecule has 9 heteroatoms. The molecule has 0 bridgehead atoms. The Morgan fingerprint density at radius 1 is 1.25 bits per heavy atom. The highest BCUT2D eigenvalue weighted by Crippen LogP contribution is 2.32. The number of fused-ring (bicyclic) bond motifs is 1. The molecule has 4 rings (SSSR count). The predicted molar refractivity (Wildman–Crippen MR) is 115 cm³/mol. The number of anilines is 1. The van der Waals surface area contributed by atoms with E-state index in [0.717, 1.165) is 0 Å². The van der Waals surface area contributed by atoms with Crippen LogP contribution < -0.4 is 10.5 Å². The fourth-order valence-corrected chi connectivity index (χ4v) is 4.65. The minimum absolute atomic E-state index is 0.0153. The van der Waals surface area contributed by atoms with Crippen molar-refractivity contribution in [1.29, 1.82) is 0 Å². The molecule has 0 N–H and O–H groups in total. The van der Waals surface area contributed by atoms with Crippen molar-refractivity contribution in [3.8, 4) is 0 Å². The Bertz CT molecular complexity index is 1050. The lowest BCUT2D eigenvalue weighted by molar-refractivity contribution is -0.121. The molecule has 2 saturated heterocycles. The van der Waals surface area contributed by atoms with Gasteiger partial charge in [0, 0.05) is 26.3 Å². The highest BCUT2D eigenvalue weighted by atomic mass is 32.2. The van der Waals surface area contributed by atoms with Gasteiger partial charge >= 0.3 is 0 Å². The van der Waals surface area contributed by atoms with Crippen molar-refractivity contribution in [2.75, 3.05) is 25.0 Å². The summed E-state index contributed by atoms with van der Waals surface area (Å²) in [6, 6.07) is 5.43. The van der Waals surface area contributed by atoms with Gasteiger partial charge in [-0.3, -0.25) is 18.9 Å². The van der Waals surface area contributed by atoms with Gasteiger partial charge in [-0.15, -0.1) is 0 Å². The van der Waals surface area contributed by atoms with Gasteiger partial charge < -0.3 is 9.64 Å². The Labute approximate surface area is 172 Å². The molecular weight excluding hydrogens is 396 g/mol. The first-order valence-corrected chi connectivity index (χ1v) is 10.2. The van der Waals surface area contributed by atoms with Crippen LogP contribution in [0.1, 0.15) is 19.4 Å². The molecule has 2 aliphatic heterocycles. The number of morpholine rings is 1. The second-order valence-electron chi connectivity index (χ2n) is 6.99. The van der Waals surface area contributed by atoms with E-state index in [1.165, 1.54) is 21.1 Å². The lowest BCUT2D eigenvalue weighted by atomic mass is 10.2. The topological polar surface area (TPSA) is 67.2 Å². The third-order valence-electron chi connectivity index (χ3n) is 4.73. The largest absolute Gasteiger partial charge is 0.372 e. The summed E-state index contributed by atoms with van der Waals surface area (Å²) in [7, 11) is 1.64. The molecule has 0 aliphatic carbocycles. The predicted octanol–water partition coefficient (Wildman–Crippen LogP) is 2.14. The van der Waals surface area contributed by atoms with Crippen LogP contribution in [0.4, 0.5) is 5.82 Å². The number of nitrogens with zero attached hydrogens (tertiary/aromatic N) is 4. The Balaban J connectivity index is 1.91. The average Bonchev–Trinajstić information content (AvgIpc) is 2.90. The second kappa shape index (κ2) is 7.31. The molecule has 1 amide bonds. The zero-order valence-electron chi connectivity index (χ0n) is 15.8. The van der Waals surface area contributed by atoms with Gasteiger partial charge in [-0.05, 0) is 32.1 Å².